The Morgan fingerprint density at radius 2 is 1.80 bits per heavy atom. The lowest BCUT2D eigenvalue weighted by atomic mass is 9.95. The van der Waals surface area contributed by atoms with Crippen LogP contribution in [0.3, 0.4) is 0 Å². The first kappa shape index (κ1) is 23.8. The number of ether oxygens (including phenoxy) is 2. The van der Waals surface area contributed by atoms with E-state index in [-0.39, 0.29) is 28.4 Å². The molecule has 162 valence electrons. The van der Waals surface area contributed by atoms with E-state index >= 15 is 0 Å². The van der Waals surface area contributed by atoms with E-state index < -0.39 is 11.3 Å². The summed E-state index contributed by atoms with van der Waals surface area (Å²) in [6.07, 6.45) is 4.36. The van der Waals surface area contributed by atoms with Crippen LogP contribution in [0.5, 0.6) is 5.88 Å². The lowest BCUT2D eigenvalue weighted by Gasteiger charge is -2.24. The minimum Gasteiger partial charge on any atom is -0.476 e. The van der Waals surface area contributed by atoms with Crippen LogP contribution in [-0.4, -0.2) is 47.1 Å². The molecule has 2 rings (SSSR count). The summed E-state index contributed by atoms with van der Waals surface area (Å²) < 4.78 is 10.4. The van der Waals surface area contributed by atoms with Crippen molar-refractivity contribution < 1.29 is 19.1 Å². The molecule has 0 saturated heterocycles. The zero-order chi connectivity index (χ0) is 22.3. The van der Waals surface area contributed by atoms with Gasteiger partial charge in [0.2, 0.25) is 5.88 Å². The summed E-state index contributed by atoms with van der Waals surface area (Å²) in [5.74, 6) is -0.478. The Hall–Kier alpha value is -2.45. The molecule has 0 spiro atoms. The molecule has 0 atom stereocenters. The number of carbonyl (C=O) groups excluding carboxylic acids is 2. The molecule has 2 aromatic heterocycles. The summed E-state index contributed by atoms with van der Waals surface area (Å²) >= 11 is 12.2. The molecule has 0 aliphatic heterocycles. The monoisotopic (exact) mass is 454 g/mol. The number of halogens is 2. The molecule has 30 heavy (non-hydrogen) atoms. The van der Waals surface area contributed by atoms with Crippen LogP contribution in [0.15, 0.2) is 24.7 Å². The van der Waals surface area contributed by atoms with Gasteiger partial charge in [-0.05, 0) is 26.3 Å². The minimum absolute atomic E-state index is 0.0144. The van der Waals surface area contributed by atoms with Crippen molar-refractivity contribution in [1.82, 2.24) is 15.0 Å². The van der Waals surface area contributed by atoms with Crippen LogP contribution in [0.2, 0.25) is 10.3 Å². The molecule has 0 radical (unpaired) electrons. The summed E-state index contributed by atoms with van der Waals surface area (Å²) in [5, 5.41) is -0.0288. The summed E-state index contributed by atoms with van der Waals surface area (Å²) in [6, 6.07) is 3.33. The van der Waals surface area contributed by atoms with E-state index in [9.17, 15) is 9.59 Å². The van der Waals surface area contributed by atoms with E-state index in [2.05, 4.69) is 15.0 Å². The Bertz CT molecular complexity index is 871. The number of pyridine rings is 1. The average Bonchev–Trinajstić information content (AvgIpc) is 2.72. The number of anilines is 1. The SMILES string of the molecule is CCCCN(C(=O)c1c(Cl)ncnc1Cl)c1ccc(OCC(C)(C)C(=O)OC)nc1. The first-order valence-electron chi connectivity index (χ1n) is 9.36. The van der Waals surface area contributed by atoms with Gasteiger partial charge in [0.15, 0.2) is 0 Å². The highest BCUT2D eigenvalue weighted by Gasteiger charge is 2.30. The number of nitrogens with zero attached hydrogens (tertiary/aromatic N) is 4. The topological polar surface area (TPSA) is 94.5 Å². The van der Waals surface area contributed by atoms with E-state index in [1.54, 1.807) is 26.0 Å². The van der Waals surface area contributed by atoms with Crippen molar-refractivity contribution in [2.24, 2.45) is 5.41 Å². The van der Waals surface area contributed by atoms with Gasteiger partial charge in [-0.15, -0.1) is 0 Å². The fraction of sp³-hybridized carbons (Fsp3) is 0.450. The van der Waals surface area contributed by atoms with Gasteiger partial charge >= 0.3 is 5.97 Å². The molecule has 10 heteroatoms. The molecule has 0 bridgehead atoms. The van der Waals surface area contributed by atoms with Crippen LogP contribution in [-0.2, 0) is 9.53 Å². The first-order valence-corrected chi connectivity index (χ1v) is 10.1. The number of rotatable bonds is 9. The largest absolute Gasteiger partial charge is 0.476 e. The number of aromatic nitrogens is 3. The zero-order valence-electron chi connectivity index (χ0n) is 17.3. The summed E-state index contributed by atoms with van der Waals surface area (Å²) in [6.45, 7) is 5.99. The molecule has 0 fully saturated rings. The lowest BCUT2D eigenvalue weighted by Crippen LogP contribution is -2.33. The highest BCUT2D eigenvalue weighted by molar-refractivity contribution is 6.39. The molecule has 0 saturated carbocycles. The predicted molar refractivity (Wildman–Crippen MR) is 114 cm³/mol. The second-order valence-electron chi connectivity index (χ2n) is 7.16. The maximum absolute atomic E-state index is 13.1. The lowest BCUT2D eigenvalue weighted by molar-refractivity contribution is -0.152. The zero-order valence-corrected chi connectivity index (χ0v) is 18.8. The van der Waals surface area contributed by atoms with E-state index in [1.165, 1.54) is 24.5 Å². The van der Waals surface area contributed by atoms with Gasteiger partial charge in [-0.1, -0.05) is 36.5 Å². The van der Waals surface area contributed by atoms with Crippen molar-refractivity contribution >= 4 is 40.8 Å². The van der Waals surface area contributed by atoms with Crippen molar-refractivity contribution in [2.45, 2.75) is 33.6 Å². The van der Waals surface area contributed by atoms with E-state index in [1.807, 2.05) is 6.92 Å². The third kappa shape index (κ3) is 5.79. The number of hydrogen-bond acceptors (Lipinski definition) is 7. The van der Waals surface area contributed by atoms with Gasteiger partial charge in [-0.3, -0.25) is 9.59 Å². The number of carbonyl (C=O) groups is 2. The van der Waals surface area contributed by atoms with Crippen LogP contribution < -0.4 is 9.64 Å². The molecule has 0 aliphatic rings. The molecule has 2 heterocycles. The number of hydrogen-bond donors (Lipinski definition) is 0. The van der Waals surface area contributed by atoms with E-state index in [0.29, 0.717) is 18.1 Å². The summed E-state index contributed by atoms with van der Waals surface area (Å²) in [4.78, 5) is 38.3. The van der Waals surface area contributed by atoms with Crippen LogP contribution in [0.25, 0.3) is 0 Å². The highest BCUT2D eigenvalue weighted by atomic mass is 35.5. The Morgan fingerprint density at radius 3 is 2.33 bits per heavy atom. The van der Waals surface area contributed by atoms with Crippen molar-refractivity contribution in [3.63, 3.8) is 0 Å². The Labute approximate surface area is 185 Å². The van der Waals surface area contributed by atoms with Gasteiger partial charge in [-0.2, -0.15) is 0 Å². The van der Waals surface area contributed by atoms with Gasteiger partial charge in [0.1, 0.15) is 28.8 Å². The molecule has 2 aromatic rings. The van der Waals surface area contributed by atoms with Gasteiger partial charge < -0.3 is 14.4 Å². The third-order valence-corrected chi connectivity index (χ3v) is 4.87. The van der Waals surface area contributed by atoms with E-state index in [4.69, 9.17) is 32.7 Å². The van der Waals surface area contributed by atoms with Gasteiger partial charge in [0.05, 0.1) is 24.4 Å². The maximum Gasteiger partial charge on any atom is 0.314 e. The van der Waals surface area contributed by atoms with Crippen LogP contribution in [0, 0.1) is 5.41 Å². The summed E-state index contributed by atoms with van der Waals surface area (Å²) in [7, 11) is 1.33. The van der Waals surface area contributed by atoms with Crippen LogP contribution >= 0.6 is 23.2 Å². The standard InChI is InChI=1S/C20H24Cl2N4O4/c1-5-6-9-26(18(27)15-16(21)24-12-25-17(15)22)13-7-8-14(23-10-13)30-11-20(2,3)19(28)29-4/h7-8,10,12H,5-6,9,11H2,1-4H3. The van der Waals surface area contributed by atoms with Gasteiger partial charge in [0, 0.05) is 12.6 Å². The van der Waals surface area contributed by atoms with Crippen molar-refractivity contribution in [2.75, 3.05) is 25.2 Å². The molecular formula is C20H24Cl2N4O4. The molecule has 0 unspecified atom stereocenters. The van der Waals surface area contributed by atoms with Gasteiger partial charge in [0.25, 0.3) is 5.91 Å². The summed E-state index contributed by atoms with van der Waals surface area (Å²) in [5.41, 5.74) is -0.236. The number of esters is 1. The minimum atomic E-state index is -0.820. The number of unbranched alkanes of at least 4 members (excludes halogenated alkanes) is 1. The molecule has 0 aliphatic carbocycles. The van der Waals surface area contributed by atoms with Crippen molar-refractivity contribution in [3.05, 3.63) is 40.5 Å². The predicted octanol–water partition coefficient (Wildman–Crippen LogP) is 4.20. The van der Waals surface area contributed by atoms with E-state index in [0.717, 1.165) is 12.8 Å². The van der Waals surface area contributed by atoms with Gasteiger partial charge in [-0.25, -0.2) is 15.0 Å². The molecular weight excluding hydrogens is 431 g/mol. The average molecular weight is 455 g/mol. The number of methoxy groups -OCH3 is 1. The smallest absolute Gasteiger partial charge is 0.314 e. The maximum atomic E-state index is 13.1. The normalized spacial score (nSPS) is 11.1. The molecule has 0 N–H and O–H groups in total. The second-order valence-corrected chi connectivity index (χ2v) is 7.88. The van der Waals surface area contributed by atoms with Crippen LogP contribution in [0.1, 0.15) is 44.0 Å². The Balaban J connectivity index is 2.22. The Morgan fingerprint density at radius 1 is 1.13 bits per heavy atom. The quantitative estimate of drug-likeness (QED) is 0.413. The van der Waals surface area contributed by atoms with Crippen molar-refractivity contribution in [3.8, 4) is 5.88 Å². The fourth-order valence-electron chi connectivity index (χ4n) is 2.53. The molecule has 8 nitrogen and oxygen atoms in total. The third-order valence-electron chi connectivity index (χ3n) is 4.30. The second kappa shape index (κ2) is 10.5. The van der Waals surface area contributed by atoms with Crippen LogP contribution in [0.4, 0.5) is 5.69 Å². The molecule has 0 aromatic carbocycles. The van der Waals surface area contributed by atoms with Crippen molar-refractivity contribution in [1.29, 1.82) is 0 Å². The Kier molecular flexibility index (Phi) is 8.37. The highest BCUT2D eigenvalue weighted by Crippen LogP contribution is 2.26. The molecule has 1 amide bonds. The fourth-order valence-corrected chi connectivity index (χ4v) is 3.00. The number of amides is 1. The first-order chi connectivity index (χ1) is 14.2.